The Balaban J connectivity index is 1.51. The normalized spacial score (nSPS) is 16.5. The van der Waals surface area contributed by atoms with Crippen LogP contribution in [0.5, 0.6) is 0 Å². The maximum Gasteiger partial charge on any atom is 0.266 e. The molecule has 1 saturated heterocycles. The topological polar surface area (TPSA) is 114 Å². The van der Waals surface area contributed by atoms with Crippen molar-refractivity contribution in [2.75, 3.05) is 24.5 Å². The predicted molar refractivity (Wildman–Crippen MR) is 125 cm³/mol. The number of fused-ring (bicyclic) bond motifs is 1. The number of pyridine rings is 1. The second kappa shape index (κ2) is 9.12. The van der Waals surface area contributed by atoms with E-state index in [0.717, 1.165) is 36.1 Å². The van der Waals surface area contributed by atoms with Crippen molar-refractivity contribution in [3.63, 3.8) is 0 Å². The zero-order valence-corrected chi connectivity index (χ0v) is 19.8. The molecular weight excluding hydrogens is 440 g/mol. The van der Waals surface area contributed by atoms with Crippen molar-refractivity contribution >= 4 is 21.6 Å². The Morgan fingerprint density at radius 1 is 1.15 bits per heavy atom. The fourth-order valence-electron chi connectivity index (χ4n) is 4.84. The first-order valence-electron chi connectivity index (χ1n) is 11.3. The molecule has 9 heteroatoms. The molecule has 174 valence electrons. The number of rotatable bonds is 5. The van der Waals surface area contributed by atoms with Gasteiger partial charge in [0.1, 0.15) is 11.6 Å². The number of H-pyrrole nitrogens is 1. The quantitative estimate of drug-likeness (QED) is 0.724. The Labute approximate surface area is 193 Å². The van der Waals surface area contributed by atoms with Gasteiger partial charge in [0.15, 0.2) is 0 Å². The molecule has 2 aliphatic heterocycles. The molecule has 33 heavy (non-hydrogen) atoms. The van der Waals surface area contributed by atoms with Gasteiger partial charge in [0, 0.05) is 37.4 Å². The van der Waals surface area contributed by atoms with E-state index in [4.69, 9.17) is 0 Å². The molecule has 0 radical (unpaired) electrons. The minimum absolute atomic E-state index is 0.0658. The number of benzene rings is 1. The molecule has 1 aromatic heterocycles. The number of aromatic amines is 1. The zero-order valence-electron chi connectivity index (χ0n) is 19.0. The van der Waals surface area contributed by atoms with Gasteiger partial charge in [-0.05, 0) is 74.4 Å². The molecule has 2 aliphatic rings. The minimum Gasteiger partial charge on any atom is -0.325 e. The number of aromatic nitrogens is 1. The van der Waals surface area contributed by atoms with E-state index in [0.29, 0.717) is 48.6 Å². The molecule has 0 spiro atoms. The number of nitrogens with zero attached hydrogens (tertiary/aromatic N) is 3. The Morgan fingerprint density at radius 3 is 2.58 bits per heavy atom. The number of carbonyl (C=O) groups is 1. The third-order valence-corrected chi connectivity index (χ3v) is 8.60. The van der Waals surface area contributed by atoms with E-state index in [1.165, 1.54) is 0 Å². The van der Waals surface area contributed by atoms with Gasteiger partial charge in [-0.15, -0.1) is 0 Å². The van der Waals surface area contributed by atoms with E-state index in [9.17, 15) is 23.3 Å². The molecule has 1 N–H and O–H groups in total. The summed E-state index contributed by atoms with van der Waals surface area (Å²) in [6.07, 6.45) is 4.08. The Kier molecular flexibility index (Phi) is 6.41. The molecule has 1 aromatic carbocycles. The third kappa shape index (κ3) is 4.33. The average Bonchev–Trinajstić information content (AvgIpc) is 3.23. The summed E-state index contributed by atoms with van der Waals surface area (Å²) in [6, 6.07) is 6.99. The number of nitrogens with one attached hydrogen (secondary N) is 1. The fourth-order valence-corrected chi connectivity index (χ4v) is 6.41. The van der Waals surface area contributed by atoms with Crippen molar-refractivity contribution in [3.8, 4) is 6.07 Å². The van der Waals surface area contributed by atoms with Crippen LogP contribution in [0.25, 0.3) is 0 Å². The minimum atomic E-state index is -3.51. The summed E-state index contributed by atoms with van der Waals surface area (Å²) in [7, 11) is -3.51. The lowest BCUT2D eigenvalue weighted by atomic mass is 9.99. The molecule has 3 heterocycles. The lowest BCUT2D eigenvalue weighted by molar-refractivity contribution is -0.118. The summed E-state index contributed by atoms with van der Waals surface area (Å²) in [6.45, 7) is 5.12. The van der Waals surface area contributed by atoms with Gasteiger partial charge >= 0.3 is 0 Å². The van der Waals surface area contributed by atoms with E-state index in [2.05, 4.69) is 4.98 Å². The molecule has 0 bridgehead atoms. The van der Waals surface area contributed by atoms with Crippen LogP contribution in [0.4, 0.5) is 5.69 Å². The van der Waals surface area contributed by atoms with Gasteiger partial charge in [-0.25, -0.2) is 8.42 Å². The molecule has 0 aliphatic carbocycles. The van der Waals surface area contributed by atoms with Crippen LogP contribution in [0.1, 0.15) is 53.6 Å². The fraction of sp³-hybridized carbons (Fsp3) is 0.458. The number of anilines is 1. The van der Waals surface area contributed by atoms with Crippen LogP contribution < -0.4 is 10.5 Å². The summed E-state index contributed by atoms with van der Waals surface area (Å²) < 4.78 is 27.6. The van der Waals surface area contributed by atoms with E-state index in [1.54, 1.807) is 41.3 Å². The number of piperidine rings is 1. The first kappa shape index (κ1) is 23.2. The monoisotopic (exact) mass is 468 g/mol. The van der Waals surface area contributed by atoms with Gasteiger partial charge in [-0.3, -0.25) is 9.59 Å². The highest BCUT2D eigenvalue weighted by Crippen LogP contribution is 2.32. The Hall–Kier alpha value is -2.96. The van der Waals surface area contributed by atoms with E-state index < -0.39 is 15.6 Å². The molecule has 0 unspecified atom stereocenters. The maximum atomic E-state index is 13.0. The van der Waals surface area contributed by atoms with Crippen LogP contribution in [0.2, 0.25) is 0 Å². The second-order valence-corrected chi connectivity index (χ2v) is 10.7. The zero-order chi connectivity index (χ0) is 23.8. The summed E-state index contributed by atoms with van der Waals surface area (Å²) in [5.41, 5.74) is 3.37. The number of hydrogen-bond donors (Lipinski definition) is 1. The van der Waals surface area contributed by atoms with Crippen LogP contribution in [0, 0.1) is 25.2 Å². The maximum absolute atomic E-state index is 13.0. The van der Waals surface area contributed by atoms with E-state index >= 15 is 0 Å². The van der Waals surface area contributed by atoms with Crippen molar-refractivity contribution in [2.45, 2.75) is 57.3 Å². The van der Waals surface area contributed by atoms with Crippen molar-refractivity contribution in [3.05, 3.63) is 56.5 Å². The lowest BCUT2D eigenvalue weighted by Gasteiger charge is -2.26. The number of sulfonamides is 1. The molecule has 0 saturated carbocycles. The molecule has 1 fully saturated rings. The van der Waals surface area contributed by atoms with Crippen LogP contribution in [0.3, 0.4) is 0 Å². The van der Waals surface area contributed by atoms with Gasteiger partial charge in [0.2, 0.25) is 15.9 Å². The molecule has 1 amide bonds. The highest BCUT2D eigenvalue weighted by molar-refractivity contribution is 7.89. The van der Waals surface area contributed by atoms with Crippen LogP contribution in [-0.2, 0) is 27.7 Å². The predicted octanol–water partition coefficient (Wildman–Crippen LogP) is 2.56. The van der Waals surface area contributed by atoms with Crippen LogP contribution in [-0.4, -0.2) is 43.2 Å². The number of carbonyl (C=O) groups excluding carboxylic acids is 1. The standard InChI is InChI=1S/C24H28N4O4S/c1-16-20(17(2)26-24(30)21(16)15-25)7-9-23(29)28-13-10-18-14-19(6-8-22(18)28)33(31,32)27-11-4-3-5-12-27/h6,8,14H,3-5,7,9-13H2,1-2H3,(H,26,30). The number of hydrogen-bond acceptors (Lipinski definition) is 5. The van der Waals surface area contributed by atoms with E-state index in [-0.39, 0.29) is 17.9 Å². The SMILES string of the molecule is Cc1[nH]c(=O)c(C#N)c(C)c1CCC(=O)N1CCc2cc(S(=O)(=O)N3CCCCC3)ccc21. The van der Waals surface area contributed by atoms with Crippen molar-refractivity contribution in [1.29, 1.82) is 5.26 Å². The molecule has 0 atom stereocenters. The third-order valence-electron chi connectivity index (χ3n) is 6.71. The molecule has 4 rings (SSSR count). The van der Waals surface area contributed by atoms with Crippen molar-refractivity contribution < 1.29 is 13.2 Å². The van der Waals surface area contributed by atoms with Gasteiger partial charge in [-0.2, -0.15) is 9.57 Å². The summed E-state index contributed by atoms with van der Waals surface area (Å²) in [5.74, 6) is -0.0658. The highest BCUT2D eigenvalue weighted by Gasteiger charge is 2.30. The van der Waals surface area contributed by atoms with Gasteiger partial charge in [-0.1, -0.05) is 6.42 Å². The first-order chi connectivity index (χ1) is 15.7. The van der Waals surface area contributed by atoms with Crippen molar-refractivity contribution in [2.24, 2.45) is 0 Å². The van der Waals surface area contributed by atoms with Crippen LogP contribution in [0.15, 0.2) is 27.9 Å². The summed E-state index contributed by atoms with van der Waals surface area (Å²) in [4.78, 5) is 29.6. The Bertz CT molecular complexity index is 1300. The van der Waals surface area contributed by atoms with E-state index in [1.807, 2.05) is 6.07 Å². The largest absolute Gasteiger partial charge is 0.325 e. The first-order valence-corrected chi connectivity index (χ1v) is 12.7. The molecule has 2 aromatic rings. The Morgan fingerprint density at radius 2 is 1.88 bits per heavy atom. The smallest absolute Gasteiger partial charge is 0.266 e. The number of nitriles is 1. The van der Waals surface area contributed by atoms with Gasteiger partial charge < -0.3 is 9.88 Å². The molecule has 8 nitrogen and oxygen atoms in total. The summed E-state index contributed by atoms with van der Waals surface area (Å²) in [5, 5.41) is 9.25. The number of aryl methyl sites for hydroxylation is 1. The summed E-state index contributed by atoms with van der Waals surface area (Å²) >= 11 is 0. The van der Waals surface area contributed by atoms with Gasteiger partial charge in [0.05, 0.1) is 4.90 Å². The number of amides is 1. The van der Waals surface area contributed by atoms with Crippen LogP contribution >= 0.6 is 0 Å². The highest BCUT2D eigenvalue weighted by atomic mass is 32.2. The second-order valence-electron chi connectivity index (χ2n) is 8.72. The lowest BCUT2D eigenvalue weighted by Crippen LogP contribution is -2.35. The van der Waals surface area contributed by atoms with Gasteiger partial charge in [0.25, 0.3) is 5.56 Å². The average molecular weight is 469 g/mol. The van der Waals surface area contributed by atoms with Crippen molar-refractivity contribution in [1.82, 2.24) is 9.29 Å². The molecular formula is C24H28N4O4S.